The van der Waals surface area contributed by atoms with Crippen LogP contribution in [-0.4, -0.2) is 52.9 Å². The summed E-state index contributed by atoms with van der Waals surface area (Å²) in [5, 5.41) is 15.2. The first-order chi connectivity index (χ1) is 10.2. The number of hydrogen-bond acceptors (Lipinski definition) is 7. The zero-order valence-corrected chi connectivity index (χ0v) is 13.3. The van der Waals surface area contributed by atoms with Gasteiger partial charge in [0.15, 0.2) is 11.4 Å². The van der Waals surface area contributed by atoms with Crippen LogP contribution < -0.4 is 10.1 Å². The molecule has 124 valence electrons. The van der Waals surface area contributed by atoms with Crippen molar-refractivity contribution in [1.29, 1.82) is 0 Å². The molecule has 0 aromatic carbocycles. The Morgan fingerprint density at radius 2 is 2.00 bits per heavy atom. The number of aromatic nitrogens is 2. The van der Waals surface area contributed by atoms with Crippen LogP contribution in [0.5, 0.6) is 5.88 Å². The summed E-state index contributed by atoms with van der Waals surface area (Å²) < 4.78 is 16.2. The third-order valence-electron chi connectivity index (χ3n) is 2.35. The Morgan fingerprint density at radius 3 is 2.50 bits per heavy atom. The number of esters is 1. The van der Waals surface area contributed by atoms with Gasteiger partial charge in [0.1, 0.15) is 12.2 Å². The first kappa shape index (κ1) is 17.8. The molecule has 1 amide bonds. The van der Waals surface area contributed by atoms with Gasteiger partial charge < -0.3 is 19.3 Å². The molecule has 22 heavy (non-hydrogen) atoms. The smallest absolute Gasteiger partial charge is 0.413 e. The Bertz CT molecular complexity index is 547. The quantitative estimate of drug-likeness (QED) is 0.777. The molecule has 0 fully saturated rings. The number of nitrogens with zero attached hydrogens (tertiary/aromatic N) is 2. The van der Waals surface area contributed by atoms with Gasteiger partial charge in [0, 0.05) is 7.05 Å². The number of amides is 1. The maximum atomic E-state index is 11.9. The molecule has 0 saturated carbocycles. The van der Waals surface area contributed by atoms with Gasteiger partial charge >= 0.3 is 12.1 Å². The fraction of sp³-hybridized carbons (Fsp3) is 0.615. The van der Waals surface area contributed by atoms with Crippen molar-refractivity contribution in [1.82, 2.24) is 9.78 Å². The van der Waals surface area contributed by atoms with E-state index in [0.717, 1.165) is 0 Å². The van der Waals surface area contributed by atoms with Crippen LogP contribution in [0.2, 0.25) is 0 Å². The Hall–Kier alpha value is -2.29. The number of aliphatic hydroxyl groups excluding tert-OH is 1. The van der Waals surface area contributed by atoms with Gasteiger partial charge in [0.25, 0.3) is 0 Å². The highest BCUT2D eigenvalue weighted by atomic mass is 16.6. The molecule has 9 nitrogen and oxygen atoms in total. The molecule has 0 aliphatic carbocycles. The highest BCUT2D eigenvalue weighted by molar-refractivity contribution is 6.00. The van der Waals surface area contributed by atoms with E-state index < -0.39 is 17.7 Å². The molecule has 0 saturated heterocycles. The largest absolute Gasteiger partial charge is 0.474 e. The topological polar surface area (TPSA) is 112 Å². The molecule has 0 unspecified atom stereocenters. The molecule has 0 bridgehead atoms. The number of carbonyl (C=O) groups excluding carboxylic acids is 2. The summed E-state index contributed by atoms with van der Waals surface area (Å²) in [6.07, 6.45) is -0.741. The van der Waals surface area contributed by atoms with E-state index in [1.54, 1.807) is 20.8 Å². The van der Waals surface area contributed by atoms with E-state index in [-0.39, 0.29) is 30.5 Å². The second-order valence-corrected chi connectivity index (χ2v) is 5.34. The van der Waals surface area contributed by atoms with Gasteiger partial charge in [0.2, 0.25) is 5.88 Å². The predicted octanol–water partition coefficient (Wildman–Crippen LogP) is 0.925. The molecule has 0 spiro atoms. The molecule has 1 aromatic rings. The summed E-state index contributed by atoms with van der Waals surface area (Å²) >= 11 is 0. The molecule has 1 aromatic heterocycles. The van der Waals surface area contributed by atoms with Gasteiger partial charge in [-0.25, -0.2) is 14.3 Å². The summed E-state index contributed by atoms with van der Waals surface area (Å²) in [5.41, 5.74) is -0.742. The predicted molar refractivity (Wildman–Crippen MR) is 77.0 cm³/mol. The van der Waals surface area contributed by atoms with E-state index in [1.165, 1.54) is 18.8 Å². The number of ether oxygens (including phenoxy) is 3. The third kappa shape index (κ3) is 4.62. The average Bonchev–Trinajstić information content (AvgIpc) is 2.70. The lowest BCUT2D eigenvalue weighted by Gasteiger charge is -2.19. The van der Waals surface area contributed by atoms with Gasteiger partial charge in [-0.3, -0.25) is 5.32 Å². The lowest BCUT2D eigenvalue weighted by atomic mass is 10.2. The Morgan fingerprint density at radius 1 is 1.36 bits per heavy atom. The first-order valence-corrected chi connectivity index (χ1v) is 6.58. The van der Waals surface area contributed by atoms with Crippen LogP contribution in [0.25, 0.3) is 0 Å². The molecular weight excluding hydrogens is 294 g/mol. The van der Waals surface area contributed by atoms with E-state index in [0.29, 0.717) is 0 Å². The number of methoxy groups -OCH3 is 1. The van der Waals surface area contributed by atoms with E-state index in [2.05, 4.69) is 15.2 Å². The maximum Gasteiger partial charge on any atom is 0.413 e. The molecular formula is C13H21N3O6. The highest BCUT2D eigenvalue weighted by Crippen LogP contribution is 2.27. The minimum atomic E-state index is -0.741. The van der Waals surface area contributed by atoms with Gasteiger partial charge in [-0.15, -0.1) is 5.10 Å². The molecule has 0 radical (unpaired) electrons. The van der Waals surface area contributed by atoms with Gasteiger partial charge in [0.05, 0.1) is 13.7 Å². The summed E-state index contributed by atoms with van der Waals surface area (Å²) in [7, 11) is 2.72. The molecule has 0 atom stereocenters. The van der Waals surface area contributed by atoms with Crippen molar-refractivity contribution in [3.8, 4) is 5.88 Å². The van der Waals surface area contributed by atoms with Crippen molar-refractivity contribution < 1.29 is 28.9 Å². The summed E-state index contributed by atoms with van der Waals surface area (Å²) in [6, 6.07) is 0. The highest BCUT2D eigenvalue weighted by Gasteiger charge is 2.27. The van der Waals surface area contributed by atoms with Crippen LogP contribution >= 0.6 is 0 Å². The molecule has 2 N–H and O–H groups in total. The number of hydrogen-bond donors (Lipinski definition) is 2. The van der Waals surface area contributed by atoms with E-state index in [1.807, 2.05) is 0 Å². The molecule has 0 aliphatic heterocycles. The van der Waals surface area contributed by atoms with Crippen LogP contribution in [0.3, 0.4) is 0 Å². The van der Waals surface area contributed by atoms with Gasteiger partial charge in [-0.2, -0.15) is 0 Å². The third-order valence-corrected chi connectivity index (χ3v) is 2.35. The summed E-state index contributed by atoms with van der Waals surface area (Å²) in [5.74, 6) is -0.699. The van der Waals surface area contributed by atoms with Crippen molar-refractivity contribution in [3.05, 3.63) is 5.56 Å². The monoisotopic (exact) mass is 315 g/mol. The van der Waals surface area contributed by atoms with Crippen LogP contribution in [0.15, 0.2) is 0 Å². The van der Waals surface area contributed by atoms with Crippen molar-refractivity contribution >= 4 is 17.9 Å². The molecule has 0 aliphatic rings. The Balaban J connectivity index is 3.09. The fourth-order valence-electron chi connectivity index (χ4n) is 1.57. The number of carbonyl (C=O) groups is 2. The van der Waals surface area contributed by atoms with Crippen LogP contribution in [0.4, 0.5) is 10.6 Å². The van der Waals surface area contributed by atoms with Crippen molar-refractivity contribution in [2.24, 2.45) is 7.05 Å². The minimum Gasteiger partial charge on any atom is -0.474 e. The average molecular weight is 315 g/mol. The number of rotatable bonds is 5. The Kier molecular flexibility index (Phi) is 5.75. The molecule has 1 rings (SSSR count). The normalized spacial score (nSPS) is 11.0. The van der Waals surface area contributed by atoms with E-state index in [4.69, 9.17) is 14.6 Å². The minimum absolute atomic E-state index is 0.0468. The Labute approximate surface area is 128 Å². The number of aryl methyl sites for hydroxylation is 1. The van der Waals surface area contributed by atoms with E-state index in [9.17, 15) is 9.59 Å². The van der Waals surface area contributed by atoms with Gasteiger partial charge in [-0.1, -0.05) is 0 Å². The van der Waals surface area contributed by atoms with Crippen LogP contribution in [0, 0.1) is 0 Å². The summed E-state index contributed by atoms with van der Waals surface area (Å²) in [4.78, 5) is 23.7. The maximum absolute atomic E-state index is 11.9. The number of nitrogens with one attached hydrogen (secondary N) is 1. The van der Waals surface area contributed by atoms with Crippen molar-refractivity contribution in [3.63, 3.8) is 0 Å². The number of anilines is 1. The van der Waals surface area contributed by atoms with E-state index >= 15 is 0 Å². The lowest BCUT2D eigenvalue weighted by molar-refractivity contribution is 0.0595. The van der Waals surface area contributed by atoms with Crippen LogP contribution in [0.1, 0.15) is 31.1 Å². The number of aliphatic hydroxyl groups is 1. The molecule has 9 heteroatoms. The van der Waals surface area contributed by atoms with Crippen molar-refractivity contribution in [2.75, 3.05) is 25.6 Å². The summed E-state index contributed by atoms with van der Waals surface area (Å²) in [6.45, 7) is 4.85. The zero-order chi connectivity index (χ0) is 16.9. The standard InChI is InChI=1S/C13H21N3O6/c1-13(2,3)22-12(19)14-9-8(11(18)20-5)10(15-16(9)4)21-7-6-17/h17H,6-7H2,1-5H3,(H,14,19). The van der Waals surface area contributed by atoms with Crippen molar-refractivity contribution in [2.45, 2.75) is 26.4 Å². The molecule has 1 heterocycles. The zero-order valence-electron chi connectivity index (χ0n) is 13.3. The lowest BCUT2D eigenvalue weighted by Crippen LogP contribution is -2.28. The van der Waals surface area contributed by atoms with Gasteiger partial charge in [-0.05, 0) is 20.8 Å². The van der Waals surface area contributed by atoms with Crippen LogP contribution in [-0.2, 0) is 16.5 Å². The fourth-order valence-corrected chi connectivity index (χ4v) is 1.57. The second-order valence-electron chi connectivity index (χ2n) is 5.34. The SMILES string of the molecule is COC(=O)c1c(OCCO)nn(C)c1NC(=O)OC(C)(C)C. The first-order valence-electron chi connectivity index (χ1n) is 6.58. The second kappa shape index (κ2) is 7.12.